The molecule has 2 aromatic heterocycles. The van der Waals surface area contributed by atoms with Crippen LogP contribution in [0.2, 0.25) is 0 Å². The van der Waals surface area contributed by atoms with Crippen LogP contribution < -0.4 is 5.69 Å². The first kappa shape index (κ1) is 18.7. The molecule has 0 unspecified atom stereocenters. The lowest BCUT2D eigenvalue weighted by molar-refractivity contribution is -0.141. The molecular weight excluding hydrogens is 375 g/mol. The van der Waals surface area contributed by atoms with Gasteiger partial charge < -0.3 is 4.90 Å². The Balaban J connectivity index is 1.63. The van der Waals surface area contributed by atoms with Crippen LogP contribution in [0.1, 0.15) is 48.9 Å². The molecule has 4 rings (SSSR count). The van der Waals surface area contributed by atoms with E-state index in [4.69, 9.17) is 0 Å². The van der Waals surface area contributed by atoms with Gasteiger partial charge in [-0.2, -0.15) is 18.3 Å². The van der Waals surface area contributed by atoms with E-state index in [0.717, 1.165) is 30.0 Å². The van der Waals surface area contributed by atoms with Gasteiger partial charge in [0.25, 0.3) is 0 Å². The Kier molecular flexibility index (Phi) is 4.72. The second-order valence-corrected chi connectivity index (χ2v) is 7.18. The molecule has 1 atom stereocenters. The highest BCUT2D eigenvalue weighted by Crippen LogP contribution is 2.28. The van der Waals surface area contributed by atoms with Gasteiger partial charge in [0.15, 0.2) is 0 Å². The Morgan fingerprint density at radius 2 is 1.93 bits per heavy atom. The molecule has 2 aliphatic rings. The predicted molar refractivity (Wildman–Crippen MR) is 92.6 cm³/mol. The Morgan fingerprint density at radius 1 is 1.18 bits per heavy atom. The number of fused-ring (bicyclic) bond motifs is 1. The standard InChI is InChI=1S/C18H20F3N5O2/c19-18(20,21)14-7-3-5-12(22-14)11-25-17(28)26-13(6-4-8-15(26)23-25)16(27)24-9-1-2-10-24/h3,5,7,13H,1-2,4,6,8-11H2/t13-/m0/s1. The summed E-state index contributed by atoms with van der Waals surface area (Å²) < 4.78 is 41.1. The highest BCUT2D eigenvalue weighted by molar-refractivity contribution is 5.80. The molecule has 0 aromatic carbocycles. The SMILES string of the molecule is O=C([C@@H]1CCCc2nn(Cc3cccc(C(F)(F)F)n3)c(=O)n21)N1CCCC1. The van der Waals surface area contributed by atoms with E-state index in [2.05, 4.69) is 10.1 Å². The highest BCUT2D eigenvalue weighted by Gasteiger charge is 2.35. The number of halogens is 3. The first-order valence-electron chi connectivity index (χ1n) is 9.35. The highest BCUT2D eigenvalue weighted by atomic mass is 19.4. The van der Waals surface area contributed by atoms with Gasteiger partial charge in [0.1, 0.15) is 17.6 Å². The number of amides is 1. The van der Waals surface area contributed by atoms with E-state index in [1.54, 1.807) is 4.90 Å². The summed E-state index contributed by atoms with van der Waals surface area (Å²) in [5.41, 5.74) is -1.40. The summed E-state index contributed by atoms with van der Waals surface area (Å²) in [4.78, 5) is 31.1. The maximum Gasteiger partial charge on any atom is 0.433 e. The van der Waals surface area contributed by atoms with Gasteiger partial charge in [-0.05, 0) is 37.8 Å². The number of alkyl halides is 3. The van der Waals surface area contributed by atoms with Crippen molar-refractivity contribution in [1.29, 1.82) is 0 Å². The number of rotatable bonds is 3. The average Bonchev–Trinajstić information content (AvgIpc) is 3.30. The van der Waals surface area contributed by atoms with E-state index >= 15 is 0 Å². The summed E-state index contributed by atoms with van der Waals surface area (Å²) in [5.74, 6) is 0.429. The quantitative estimate of drug-likeness (QED) is 0.797. The molecule has 150 valence electrons. The molecule has 10 heteroatoms. The zero-order valence-electron chi connectivity index (χ0n) is 15.2. The molecule has 1 fully saturated rings. The Morgan fingerprint density at radius 3 is 2.64 bits per heavy atom. The van der Waals surface area contributed by atoms with E-state index in [9.17, 15) is 22.8 Å². The first-order chi connectivity index (χ1) is 13.3. The van der Waals surface area contributed by atoms with E-state index in [0.29, 0.717) is 31.8 Å². The third-order valence-electron chi connectivity index (χ3n) is 5.24. The van der Waals surface area contributed by atoms with Crippen LogP contribution >= 0.6 is 0 Å². The number of hydrogen-bond acceptors (Lipinski definition) is 4. The van der Waals surface area contributed by atoms with E-state index in [1.807, 2.05) is 0 Å². The summed E-state index contributed by atoms with van der Waals surface area (Å²) in [6, 6.07) is 2.98. The van der Waals surface area contributed by atoms with Crippen molar-refractivity contribution in [2.24, 2.45) is 0 Å². The third kappa shape index (κ3) is 3.43. The number of carbonyl (C=O) groups excluding carboxylic acids is 1. The molecule has 1 saturated heterocycles. The van der Waals surface area contributed by atoms with E-state index in [1.165, 1.54) is 16.7 Å². The number of carbonyl (C=O) groups is 1. The topological polar surface area (TPSA) is 73.0 Å². The largest absolute Gasteiger partial charge is 0.433 e. The number of hydrogen-bond donors (Lipinski definition) is 0. The summed E-state index contributed by atoms with van der Waals surface area (Å²) in [7, 11) is 0. The van der Waals surface area contributed by atoms with Crippen molar-refractivity contribution in [2.75, 3.05) is 13.1 Å². The van der Waals surface area contributed by atoms with Crippen molar-refractivity contribution in [3.8, 4) is 0 Å². The minimum Gasteiger partial charge on any atom is -0.341 e. The molecule has 0 spiro atoms. The molecule has 7 nitrogen and oxygen atoms in total. The second kappa shape index (κ2) is 7.06. The van der Waals surface area contributed by atoms with Crippen LogP contribution in [0.25, 0.3) is 0 Å². The van der Waals surface area contributed by atoms with Gasteiger partial charge in [-0.25, -0.2) is 14.5 Å². The summed E-state index contributed by atoms with van der Waals surface area (Å²) in [6.07, 6.45) is -0.774. The number of likely N-dealkylation sites (tertiary alicyclic amines) is 1. The van der Waals surface area contributed by atoms with E-state index in [-0.39, 0.29) is 18.1 Å². The van der Waals surface area contributed by atoms with Crippen LogP contribution in [0, 0.1) is 0 Å². The van der Waals surface area contributed by atoms with Gasteiger partial charge in [0, 0.05) is 19.5 Å². The predicted octanol–water partition coefficient (Wildman–Crippen LogP) is 2.01. The van der Waals surface area contributed by atoms with Crippen molar-refractivity contribution in [2.45, 2.75) is 50.9 Å². The van der Waals surface area contributed by atoms with Crippen LogP contribution in [0.5, 0.6) is 0 Å². The Hall–Kier alpha value is -2.65. The van der Waals surface area contributed by atoms with Crippen molar-refractivity contribution >= 4 is 5.91 Å². The molecule has 28 heavy (non-hydrogen) atoms. The molecule has 4 heterocycles. The monoisotopic (exact) mass is 395 g/mol. The normalized spacial score (nSPS) is 19.7. The van der Waals surface area contributed by atoms with Gasteiger partial charge >= 0.3 is 11.9 Å². The van der Waals surface area contributed by atoms with Crippen molar-refractivity contribution in [3.63, 3.8) is 0 Å². The van der Waals surface area contributed by atoms with Gasteiger partial charge in [-0.15, -0.1) is 0 Å². The molecule has 0 radical (unpaired) electrons. The lowest BCUT2D eigenvalue weighted by Crippen LogP contribution is -2.41. The first-order valence-corrected chi connectivity index (χ1v) is 9.35. The average molecular weight is 395 g/mol. The van der Waals surface area contributed by atoms with Gasteiger partial charge in [-0.1, -0.05) is 6.07 Å². The van der Waals surface area contributed by atoms with Crippen molar-refractivity contribution < 1.29 is 18.0 Å². The van der Waals surface area contributed by atoms with Crippen LogP contribution in [-0.2, 0) is 23.9 Å². The van der Waals surface area contributed by atoms with Crippen LogP contribution in [0.15, 0.2) is 23.0 Å². The summed E-state index contributed by atoms with van der Waals surface area (Å²) >= 11 is 0. The second-order valence-electron chi connectivity index (χ2n) is 7.18. The van der Waals surface area contributed by atoms with Crippen LogP contribution in [-0.4, -0.2) is 43.2 Å². The van der Waals surface area contributed by atoms with Gasteiger partial charge in [0.05, 0.1) is 12.2 Å². The summed E-state index contributed by atoms with van der Waals surface area (Å²) in [6.45, 7) is 1.22. The molecule has 0 bridgehead atoms. The molecule has 2 aromatic rings. The molecule has 0 saturated carbocycles. The minimum atomic E-state index is -4.55. The van der Waals surface area contributed by atoms with Crippen molar-refractivity contribution in [1.82, 2.24) is 24.2 Å². The number of pyridine rings is 1. The van der Waals surface area contributed by atoms with Crippen LogP contribution in [0.4, 0.5) is 13.2 Å². The minimum absolute atomic E-state index is 0.0720. The number of aromatic nitrogens is 4. The molecule has 0 N–H and O–H groups in total. The van der Waals surface area contributed by atoms with Gasteiger partial charge in [-0.3, -0.25) is 9.36 Å². The zero-order chi connectivity index (χ0) is 19.9. The molecule has 1 amide bonds. The Labute approximate surface area is 158 Å². The fourth-order valence-electron chi connectivity index (χ4n) is 3.90. The molecular formula is C18H20F3N5O2. The van der Waals surface area contributed by atoms with Crippen LogP contribution in [0.3, 0.4) is 0 Å². The van der Waals surface area contributed by atoms with Gasteiger partial charge in [0.2, 0.25) is 5.91 Å². The maximum absolute atomic E-state index is 12.9. The number of aryl methyl sites for hydroxylation is 1. The maximum atomic E-state index is 12.9. The zero-order valence-corrected chi connectivity index (χ0v) is 15.2. The lowest BCUT2D eigenvalue weighted by Gasteiger charge is -2.27. The molecule has 0 aliphatic carbocycles. The fourth-order valence-corrected chi connectivity index (χ4v) is 3.90. The fraction of sp³-hybridized carbons (Fsp3) is 0.556. The number of nitrogens with zero attached hydrogens (tertiary/aromatic N) is 5. The molecule has 2 aliphatic heterocycles. The summed E-state index contributed by atoms with van der Waals surface area (Å²) in [5, 5.41) is 4.27. The smallest absolute Gasteiger partial charge is 0.341 e. The third-order valence-corrected chi connectivity index (χ3v) is 5.24. The lowest BCUT2D eigenvalue weighted by atomic mass is 10.0. The Bertz CT molecular complexity index is 943. The van der Waals surface area contributed by atoms with E-state index < -0.39 is 23.6 Å². The van der Waals surface area contributed by atoms with Crippen molar-refractivity contribution in [3.05, 3.63) is 45.9 Å².